The van der Waals surface area contributed by atoms with Crippen LogP contribution in [-0.2, 0) is 0 Å². The molecule has 3 heterocycles. The number of nitrogens with one attached hydrogen (secondary N) is 2. The molecule has 36 heavy (non-hydrogen) atoms. The largest absolute Gasteiger partial charge is 0.494 e. The van der Waals surface area contributed by atoms with E-state index < -0.39 is 5.91 Å². The summed E-state index contributed by atoms with van der Waals surface area (Å²) in [5, 5.41) is 8.70. The number of anilines is 3. The Kier molecular flexibility index (Phi) is 6.92. The van der Waals surface area contributed by atoms with Gasteiger partial charge in [-0.05, 0) is 40.5 Å². The minimum Gasteiger partial charge on any atom is -0.494 e. The smallest absolute Gasteiger partial charge is 0.258 e. The lowest BCUT2D eigenvalue weighted by Crippen LogP contribution is -2.13. The van der Waals surface area contributed by atoms with Crippen molar-refractivity contribution in [3.8, 4) is 11.5 Å². The second-order valence-corrected chi connectivity index (χ2v) is 11.0. The van der Waals surface area contributed by atoms with Crippen molar-refractivity contribution in [2.75, 3.05) is 24.9 Å². The highest BCUT2D eigenvalue weighted by molar-refractivity contribution is 9.10. The van der Waals surface area contributed by atoms with Gasteiger partial charge in [0.25, 0.3) is 5.91 Å². The number of hydrogen-bond donors (Lipinski definition) is 2. The van der Waals surface area contributed by atoms with Crippen LogP contribution < -0.4 is 20.1 Å². The van der Waals surface area contributed by atoms with Gasteiger partial charge < -0.3 is 20.1 Å². The highest BCUT2D eigenvalue weighted by atomic mass is 79.9. The Hall–Kier alpha value is -2.70. The van der Waals surface area contributed by atoms with E-state index in [2.05, 4.69) is 47.6 Å². The lowest BCUT2D eigenvalue weighted by atomic mass is 10.2. The number of thiazole rings is 1. The number of nitrogens with zero attached hydrogens (tertiary/aromatic N) is 3. The van der Waals surface area contributed by atoms with Gasteiger partial charge in [-0.1, -0.05) is 40.6 Å². The second-order valence-electron chi connectivity index (χ2n) is 7.50. The molecule has 0 bridgehead atoms. The molecule has 0 radical (unpaired) electrons. The van der Waals surface area contributed by atoms with E-state index in [0.717, 1.165) is 15.8 Å². The number of rotatable bonds is 6. The predicted molar refractivity (Wildman–Crippen MR) is 150 cm³/mol. The summed E-state index contributed by atoms with van der Waals surface area (Å²) in [6.45, 7) is 2.04. The normalized spacial score (nSPS) is 11.2. The van der Waals surface area contributed by atoms with Gasteiger partial charge in [0.05, 0.1) is 45.9 Å². The van der Waals surface area contributed by atoms with Crippen LogP contribution >= 0.6 is 61.8 Å². The van der Waals surface area contributed by atoms with Crippen molar-refractivity contribution in [2.45, 2.75) is 6.92 Å². The minimum absolute atomic E-state index is 0.131. The lowest BCUT2D eigenvalue weighted by Gasteiger charge is -2.17. The molecule has 5 aromatic rings. The number of methoxy groups -OCH3 is 2. The minimum atomic E-state index is -0.448. The summed E-state index contributed by atoms with van der Waals surface area (Å²) in [4.78, 5) is 26.6. The first-order valence-electron chi connectivity index (χ1n) is 10.3. The molecule has 5 rings (SSSR count). The topological polar surface area (TPSA) is 98.3 Å². The van der Waals surface area contributed by atoms with E-state index in [4.69, 9.17) is 32.7 Å². The summed E-state index contributed by atoms with van der Waals surface area (Å²) in [6.07, 6.45) is 1.40. The van der Waals surface area contributed by atoms with Gasteiger partial charge in [-0.2, -0.15) is 0 Å². The second kappa shape index (κ2) is 9.98. The van der Waals surface area contributed by atoms with Crippen LogP contribution in [0.5, 0.6) is 11.5 Å². The Morgan fingerprint density at radius 1 is 1.11 bits per heavy atom. The standard InChI is InChI=1S/C23H16BrCl2N5O3S2/c1-9-4-5-11-12(6-9)36-23(29-11)31-21-20-16(27-8-28-21)10(7-35-20)22(32)30-17-14(25)18(33-2)13(24)19(34-3)15(17)26/h4-8H,1-3H3,(H,30,32)(H,27,28,29,31). The number of benzene rings is 2. The van der Waals surface area contributed by atoms with Gasteiger partial charge in [0.2, 0.25) is 0 Å². The van der Waals surface area contributed by atoms with Gasteiger partial charge in [-0.3, -0.25) is 4.79 Å². The third-order valence-electron chi connectivity index (χ3n) is 5.25. The quantitative estimate of drug-likeness (QED) is 0.200. The molecule has 184 valence electrons. The van der Waals surface area contributed by atoms with Crippen molar-refractivity contribution in [3.63, 3.8) is 0 Å². The van der Waals surface area contributed by atoms with Crippen LogP contribution in [-0.4, -0.2) is 35.1 Å². The number of thiophene rings is 1. The van der Waals surface area contributed by atoms with E-state index in [9.17, 15) is 4.79 Å². The zero-order chi connectivity index (χ0) is 25.6. The molecule has 13 heteroatoms. The van der Waals surface area contributed by atoms with Gasteiger partial charge in [-0.15, -0.1) is 11.3 Å². The molecule has 0 aliphatic rings. The fraction of sp³-hybridized carbons (Fsp3) is 0.130. The third-order valence-corrected chi connectivity index (χ3v) is 8.60. The molecule has 1 amide bonds. The Bertz CT molecular complexity index is 1630. The Morgan fingerprint density at radius 2 is 1.83 bits per heavy atom. The Morgan fingerprint density at radius 3 is 2.53 bits per heavy atom. The number of aromatic nitrogens is 3. The van der Waals surface area contributed by atoms with Crippen LogP contribution in [0.1, 0.15) is 15.9 Å². The summed E-state index contributed by atoms with van der Waals surface area (Å²) in [5.41, 5.74) is 3.05. The van der Waals surface area contributed by atoms with Gasteiger partial charge in [0.15, 0.2) is 22.4 Å². The van der Waals surface area contributed by atoms with Crippen molar-refractivity contribution >= 4 is 105 Å². The molecule has 0 saturated carbocycles. The van der Waals surface area contributed by atoms with Crippen molar-refractivity contribution in [1.82, 2.24) is 15.0 Å². The summed E-state index contributed by atoms with van der Waals surface area (Å²) >= 11 is 19.2. The molecule has 0 spiro atoms. The van der Waals surface area contributed by atoms with Gasteiger partial charge in [-0.25, -0.2) is 15.0 Å². The molecule has 0 unspecified atom stereocenters. The van der Waals surface area contributed by atoms with Crippen molar-refractivity contribution in [2.24, 2.45) is 0 Å². The van der Waals surface area contributed by atoms with E-state index in [-0.39, 0.29) is 27.2 Å². The predicted octanol–water partition coefficient (Wildman–Crippen LogP) is 7.69. The molecule has 0 aliphatic carbocycles. The Labute approximate surface area is 231 Å². The van der Waals surface area contributed by atoms with E-state index >= 15 is 0 Å². The van der Waals surface area contributed by atoms with E-state index in [1.54, 1.807) is 5.38 Å². The number of carbonyl (C=O) groups excluding carboxylic acids is 1. The molecule has 2 aromatic carbocycles. The molecule has 0 saturated heterocycles. The van der Waals surface area contributed by atoms with Crippen LogP contribution in [0.3, 0.4) is 0 Å². The first-order chi connectivity index (χ1) is 17.3. The highest BCUT2D eigenvalue weighted by Crippen LogP contribution is 2.50. The average molecular weight is 625 g/mol. The fourth-order valence-corrected chi connectivity index (χ4v) is 7.09. The zero-order valence-corrected chi connectivity index (χ0v) is 23.6. The molecule has 3 aromatic heterocycles. The number of ether oxygens (including phenoxy) is 2. The molecule has 0 atom stereocenters. The van der Waals surface area contributed by atoms with Crippen LogP contribution in [0, 0.1) is 6.92 Å². The first kappa shape index (κ1) is 25.0. The summed E-state index contributed by atoms with van der Waals surface area (Å²) in [5.74, 6) is 0.672. The van der Waals surface area contributed by atoms with E-state index in [1.165, 1.54) is 43.2 Å². The van der Waals surface area contributed by atoms with Gasteiger partial charge >= 0.3 is 0 Å². The number of hydrogen-bond acceptors (Lipinski definition) is 9. The van der Waals surface area contributed by atoms with Crippen LogP contribution in [0.2, 0.25) is 10.0 Å². The van der Waals surface area contributed by atoms with E-state index in [0.29, 0.717) is 31.2 Å². The number of aryl methyl sites for hydroxylation is 1. The SMILES string of the molecule is COc1c(Cl)c(NC(=O)c2csc3c(Nc4nc5ccc(C)cc5s4)ncnc23)c(Cl)c(OC)c1Br. The zero-order valence-electron chi connectivity index (χ0n) is 18.9. The van der Waals surface area contributed by atoms with E-state index in [1.807, 2.05) is 19.1 Å². The lowest BCUT2D eigenvalue weighted by molar-refractivity contribution is 0.102. The molecular weight excluding hydrogens is 609 g/mol. The maximum Gasteiger partial charge on any atom is 0.258 e. The van der Waals surface area contributed by atoms with Crippen LogP contribution in [0.4, 0.5) is 16.6 Å². The van der Waals surface area contributed by atoms with Crippen molar-refractivity contribution in [3.05, 3.63) is 55.6 Å². The monoisotopic (exact) mass is 623 g/mol. The number of fused-ring (bicyclic) bond motifs is 2. The average Bonchev–Trinajstić information content (AvgIpc) is 3.46. The number of carbonyl (C=O) groups is 1. The van der Waals surface area contributed by atoms with Gasteiger partial charge in [0.1, 0.15) is 20.8 Å². The first-order valence-corrected chi connectivity index (χ1v) is 13.5. The maximum absolute atomic E-state index is 13.3. The molecule has 0 aliphatic heterocycles. The molecule has 2 N–H and O–H groups in total. The fourth-order valence-electron chi connectivity index (χ4n) is 3.56. The summed E-state index contributed by atoms with van der Waals surface area (Å²) in [6, 6.07) is 6.09. The maximum atomic E-state index is 13.3. The van der Waals surface area contributed by atoms with Crippen LogP contribution in [0.15, 0.2) is 34.4 Å². The summed E-state index contributed by atoms with van der Waals surface area (Å²) < 4.78 is 12.9. The Balaban J connectivity index is 1.49. The van der Waals surface area contributed by atoms with Crippen molar-refractivity contribution in [1.29, 1.82) is 0 Å². The summed E-state index contributed by atoms with van der Waals surface area (Å²) in [7, 11) is 2.91. The van der Waals surface area contributed by atoms with Crippen LogP contribution in [0.25, 0.3) is 20.4 Å². The molecule has 8 nitrogen and oxygen atoms in total. The van der Waals surface area contributed by atoms with Crippen molar-refractivity contribution < 1.29 is 14.3 Å². The number of amides is 1. The molecular formula is C23H16BrCl2N5O3S2. The highest BCUT2D eigenvalue weighted by Gasteiger charge is 2.25. The third kappa shape index (κ3) is 4.35. The molecule has 0 fully saturated rings. The number of halogens is 3. The van der Waals surface area contributed by atoms with Gasteiger partial charge in [0, 0.05) is 5.38 Å².